The smallest absolute Gasteiger partial charge is 0.309 e. The number of hydrogen-bond acceptors (Lipinski definition) is 3. The van der Waals surface area contributed by atoms with Gasteiger partial charge < -0.3 is 4.98 Å². The molecule has 0 aromatic carbocycles. The lowest BCUT2D eigenvalue weighted by molar-refractivity contribution is -0.00754. The summed E-state index contributed by atoms with van der Waals surface area (Å²) in [5.74, 6) is 2.36. The summed E-state index contributed by atoms with van der Waals surface area (Å²) in [6.07, 6.45) is 7.44. The van der Waals surface area contributed by atoms with Crippen LogP contribution in [-0.2, 0) is 5.41 Å². The van der Waals surface area contributed by atoms with Gasteiger partial charge in [-0.2, -0.15) is 10.2 Å². The van der Waals surface area contributed by atoms with Crippen molar-refractivity contribution >= 4 is 0 Å². The normalized spacial score (nSPS) is 37.9. The fraction of sp³-hybridized carbons (Fsp3) is 0.688. The topological polar surface area (TPSA) is 69.5 Å². The first-order valence-electron chi connectivity index (χ1n) is 7.61. The number of aromatic nitrogens is 2. The zero-order chi connectivity index (χ0) is 13.9. The average molecular weight is 269 g/mol. The Morgan fingerprint density at radius 2 is 1.75 bits per heavy atom. The van der Waals surface area contributed by atoms with Crippen LogP contribution in [0.3, 0.4) is 0 Å². The highest BCUT2D eigenvalue weighted by Gasteiger charge is 2.53. The molecule has 0 amide bonds. The van der Waals surface area contributed by atoms with Crippen molar-refractivity contribution < 1.29 is 0 Å². The van der Waals surface area contributed by atoms with Crippen LogP contribution in [0.2, 0.25) is 0 Å². The van der Waals surface area contributed by atoms with Gasteiger partial charge in [0.05, 0.1) is 11.3 Å². The summed E-state index contributed by atoms with van der Waals surface area (Å²) in [7, 11) is 0. The minimum Gasteiger partial charge on any atom is -0.309 e. The Kier molecular flexibility index (Phi) is 2.39. The zero-order valence-corrected chi connectivity index (χ0v) is 11.8. The third kappa shape index (κ3) is 1.59. The third-order valence-electron chi connectivity index (χ3n) is 5.77. The van der Waals surface area contributed by atoms with Gasteiger partial charge in [0.25, 0.3) is 0 Å². The molecular weight excluding hydrogens is 250 g/mol. The van der Waals surface area contributed by atoms with Crippen LogP contribution in [0.1, 0.15) is 55.5 Å². The summed E-state index contributed by atoms with van der Waals surface area (Å²) < 4.78 is 0. The van der Waals surface area contributed by atoms with Gasteiger partial charge in [-0.1, -0.05) is 0 Å². The molecule has 5 rings (SSSR count). The molecule has 4 aliphatic carbocycles. The molecule has 1 aromatic heterocycles. The molecule has 1 aromatic rings. The molecule has 0 saturated heterocycles. The molecule has 4 bridgehead atoms. The Morgan fingerprint density at radius 1 is 1.20 bits per heavy atom. The number of nitrogens with one attached hydrogen (secondary N) is 1. The van der Waals surface area contributed by atoms with Gasteiger partial charge in [0.15, 0.2) is 0 Å². The van der Waals surface area contributed by atoms with Gasteiger partial charge in [-0.3, -0.25) is 0 Å². The van der Waals surface area contributed by atoms with Gasteiger partial charge in [0, 0.05) is 11.1 Å². The Labute approximate surface area is 118 Å². The average Bonchev–Trinajstić information content (AvgIpc) is 2.36. The van der Waals surface area contributed by atoms with Gasteiger partial charge in [-0.25, -0.2) is 4.79 Å². The van der Waals surface area contributed by atoms with Crippen LogP contribution in [0, 0.1) is 36.0 Å². The molecule has 4 saturated carbocycles. The molecule has 4 aliphatic rings. The second-order valence-electron chi connectivity index (χ2n) is 7.20. The molecule has 20 heavy (non-hydrogen) atoms. The summed E-state index contributed by atoms with van der Waals surface area (Å²) in [5, 5.41) is 9.48. The van der Waals surface area contributed by atoms with Gasteiger partial charge in [-0.05, 0) is 63.2 Å². The van der Waals surface area contributed by atoms with Gasteiger partial charge in [0.1, 0.15) is 6.07 Å². The Balaban J connectivity index is 1.89. The highest BCUT2D eigenvalue weighted by molar-refractivity contribution is 5.41. The van der Waals surface area contributed by atoms with Crippen molar-refractivity contribution in [1.29, 1.82) is 5.26 Å². The van der Waals surface area contributed by atoms with Crippen molar-refractivity contribution in [3.05, 3.63) is 27.4 Å². The maximum Gasteiger partial charge on any atom is 0.345 e. The number of hydrogen-bond donors (Lipinski definition) is 1. The van der Waals surface area contributed by atoms with Crippen molar-refractivity contribution in [2.75, 3.05) is 0 Å². The van der Waals surface area contributed by atoms with Gasteiger partial charge >= 0.3 is 5.69 Å². The van der Waals surface area contributed by atoms with Crippen LogP contribution < -0.4 is 5.69 Å². The van der Waals surface area contributed by atoms with E-state index in [1.807, 2.05) is 6.92 Å². The first kappa shape index (κ1) is 12.1. The number of aryl methyl sites for hydroxylation is 1. The fourth-order valence-electron chi connectivity index (χ4n) is 5.51. The van der Waals surface area contributed by atoms with Crippen LogP contribution in [0.4, 0.5) is 0 Å². The maximum atomic E-state index is 11.8. The lowest BCUT2D eigenvalue weighted by Crippen LogP contribution is -2.50. The lowest BCUT2D eigenvalue weighted by atomic mass is 9.48. The van der Waals surface area contributed by atoms with Crippen LogP contribution in [0.5, 0.6) is 0 Å². The molecule has 0 spiro atoms. The van der Waals surface area contributed by atoms with E-state index in [1.54, 1.807) is 0 Å². The van der Waals surface area contributed by atoms with Crippen LogP contribution in [-0.4, -0.2) is 9.97 Å². The summed E-state index contributed by atoms with van der Waals surface area (Å²) in [6.45, 7) is 1.81. The largest absolute Gasteiger partial charge is 0.345 e. The monoisotopic (exact) mass is 269 g/mol. The molecule has 0 aliphatic heterocycles. The Bertz CT molecular complexity index is 632. The number of nitriles is 1. The predicted molar refractivity (Wildman–Crippen MR) is 74.2 cm³/mol. The summed E-state index contributed by atoms with van der Waals surface area (Å²) >= 11 is 0. The summed E-state index contributed by atoms with van der Waals surface area (Å²) in [4.78, 5) is 18.7. The van der Waals surface area contributed by atoms with E-state index in [4.69, 9.17) is 0 Å². The molecule has 1 heterocycles. The predicted octanol–water partition coefficient (Wildman–Crippen LogP) is 2.42. The van der Waals surface area contributed by atoms with Crippen LogP contribution in [0.25, 0.3) is 0 Å². The second-order valence-corrected chi connectivity index (χ2v) is 7.20. The molecule has 4 fully saturated rings. The number of aromatic amines is 1. The van der Waals surface area contributed by atoms with Gasteiger partial charge in [-0.15, -0.1) is 0 Å². The molecule has 0 atom stereocenters. The Morgan fingerprint density at radius 3 is 2.25 bits per heavy atom. The van der Waals surface area contributed by atoms with Crippen LogP contribution in [0.15, 0.2) is 4.79 Å². The first-order valence-corrected chi connectivity index (χ1v) is 7.61. The van der Waals surface area contributed by atoms with Crippen LogP contribution >= 0.6 is 0 Å². The molecule has 0 unspecified atom stereocenters. The lowest BCUT2D eigenvalue weighted by Gasteiger charge is -2.56. The van der Waals surface area contributed by atoms with E-state index in [0.717, 1.165) is 42.7 Å². The molecule has 104 valence electrons. The minimum absolute atomic E-state index is 0.0127. The molecule has 0 radical (unpaired) electrons. The summed E-state index contributed by atoms with van der Waals surface area (Å²) in [5.41, 5.74) is 1.82. The third-order valence-corrected chi connectivity index (χ3v) is 5.77. The van der Waals surface area contributed by atoms with E-state index in [0.29, 0.717) is 11.3 Å². The molecular formula is C16H19N3O. The van der Waals surface area contributed by atoms with Crippen molar-refractivity contribution in [2.24, 2.45) is 17.8 Å². The van der Waals surface area contributed by atoms with E-state index in [-0.39, 0.29) is 11.1 Å². The van der Waals surface area contributed by atoms with Crippen molar-refractivity contribution in [1.82, 2.24) is 9.97 Å². The minimum atomic E-state index is -0.299. The first-order chi connectivity index (χ1) is 9.59. The van der Waals surface area contributed by atoms with Gasteiger partial charge in [0.2, 0.25) is 0 Å². The van der Waals surface area contributed by atoms with E-state index in [1.165, 1.54) is 19.3 Å². The molecule has 4 nitrogen and oxygen atoms in total. The van der Waals surface area contributed by atoms with E-state index in [9.17, 15) is 10.1 Å². The SMILES string of the molecule is Cc1[nH]c(=O)nc(C23CC4CC(CC(C4)C2)C3)c1C#N. The second kappa shape index (κ2) is 3.94. The van der Waals surface area contributed by atoms with E-state index in [2.05, 4.69) is 16.0 Å². The number of rotatable bonds is 1. The van der Waals surface area contributed by atoms with E-state index < -0.39 is 0 Å². The number of H-pyrrole nitrogens is 1. The standard InChI is InChI=1S/C16H19N3O/c1-9-13(8-17)14(19-15(20)18-9)16-5-10-2-11(6-16)4-12(3-10)7-16/h10-12H,2-7H2,1H3,(H,18,19,20). The highest BCUT2D eigenvalue weighted by Crippen LogP contribution is 2.60. The summed E-state index contributed by atoms with van der Waals surface area (Å²) in [6, 6.07) is 2.28. The number of nitrogens with zero attached hydrogens (tertiary/aromatic N) is 2. The molecule has 4 heteroatoms. The van der Waals surface area contributed by atoms with E-state index >= 15 is 0 Å². The van der Waals surface area contributed by atoms with Crippen molar-refractivity contribution in [2.45, 2.75) is 50.9 Å². The van der Waals surface area contributed by atoms with Crippen molar-refractivity contribution in [3.63, 3.8) is 0 Å². The maximum absolute atomic E-state index is 11.8. The Hall–Kier alpha value is -1.63. The quantitative estimate of drug-likeness (QED) is 0.851. The molecule has 1 N–H and O–H groups in total. The van der Waals surface area contributed by atoms with Crippen molar-refractivity contribution in [3.8, 4) is 6.07 Å². The fourth-order valence-corrected chi connectivity index (χ4v) is 5.51. The highest BCUT2D eigenvalue weighted by atomic mass is 16.1. The zero-order valence-electron chi connectivity index (χ0n) is 11.8.